The van der Waals surface area contributed by atoms with Crippen LogP contribution < -0.4 is 4.72 Å². The van der Waals surface area contributed by atoms with Crippen molar-refractivity contribution in [2.75, 3.05) is 4.72 Å². The van der Waals surface area contributed by atoms with Gasteiger partial charge in [0.1, 0.15) is 0 Å². The summed E-state index contributed by atoms with van der Waals surface area (Å²) in [5.41, 5.74) is 0.919. The maximum Gasteiger partial charge on any atom is 0.261 e. The average molecular weight is 369 g/mol. The van der Waals surface area contributed by atoms with E-state index in [0.717, 1.165) is 0 Å². The van der Waals surface area contributed by atoms with Gasteiger partial charge in [-0.1, -0.05) is 29.3 Å². The number of nitrogens with zero attached hydrogens (tertiary/aromatic N) is 1. The Kier molecular flexibility index (Phi) is 4.30. The molecule has 3 rings (SSSR count). The molecule has 0 aliphatic heterocycles. The fourth-order valence-electron chi connectivity index (χ4n) is 2.00. The lowest BCUT2D eigenvalue weighted by Gasteiger charge is -2.10. The summed E-state index contributed by atoms with van der Waals surface area (Å²) in [7, 11) is -3.78. The van der Waals surface area contributed by atoms with Crippen LogP contribution in [0.15, 0.2) is 64.4 Å². The molecule has 1 heterocycles. The van der Waals surface area contributed by atoms with Gasteiger partial charge >= 0.3 is 0 Å². The number of rotatable bonds is 4. The third-order valence-electron chi connectivity index (χ3n) is 2.97. The van der Waals surface area contributed by atoms with Crippen LogP contribution in [-0.2, 0) is 10.0 Å². The van der Waals surface area contributed by atoms with Gasteiger partial charge < -0.3 is 4.42 Å². The molecule has 3 aromatic rings. The Hall–Kier alpha value is -2.02. The molecule has 0 saturated heterocycles. The van der Waals surface area contributed by atoms with Gasteiger partial charge in [0.25, 0.3) is 10.0 Å². The summed E-state index contributed by atoms with van der Waals surface area (Å²) in [6.07, 6.45) is 2.80. The zero-order chi connectivity index (χ0) is 16.4. The second kappa shape index (κ2) is 6.23. The van der Waals surface area contributed by atoms with E-state index < -0.39 is 10.0 Å². The molecule has 8 heteroatoms. The zero-order valence-corrected chi connectivity index (χ0v) is 13.9. The fourth-order valence-corrected chi connectivity index (χ4v) is 3.57. The van der Waals surface area contributed by atoms with Crippen molar-refractivity contribution in [3.05, 3.63) is 65.1 Å². The van der Waals surface area contributed by atoms with Gasteiger partial charge in [0.05, 0.1) is 16.8 Å². The molecule has 1 N–H and O–H groups in total. The predicted molar refractivity (Wildman–Crippen MR) is 89.2 cm³/mol. The van der Waals surface area contributed by atoms with Crippen LogP contribution >= 0.6 is 23.2 Å². The van der Waals surface area contributed by atoms with Crippen LogP contribution in [-0.4, -0.2) is 13.4 Å². The molecule has 0 fully saturated rings. The van der Waals surface area contributed by atoms with Crippen molar-refractivity contribution in [2.45, 2.75) is 4.90 Å². The second-order valence-corrected chi connectivity index (χ2v) is 7.21. The summed E-state index contributed by atoms with van der Waals surface area (Å²) in [6, 6.07) is 10.7. The molecule has 118 valence electrons. The van der Waals surface area contributed by atoms with Crippen LogP contribution in [0, 0.1) is 0 Å². The van der Waals surface area contributed by atoms with Gasteiger partial charge in [0, 0.05) is 15.6 Å². The normalized spacial score (nSPS) is 11.4. The summed E-state index contributed by atoms with van der Waals surface area (Å²) in [6.45, 7) is 0. The fraction of sp³-hybridized carbons (Fsp3) is 0. The molecule has 23 heavy (non-hydrogen) atoms. The Balaban J connectivity index is 1.97. The van der Waals surface area contributed by atoms with Crippen molar-refractivity contribution in [1.29, 1.82) is 0 Å². The molecular formula is C15H10Cl2N2O3S. The van der Waals surface area contributed by atoms with Gasteiger partial charge in [0.15, 0.2) is 12.2 Å². The van der Waals surface area contributed by atoms with E-state index in [1.165, 1.54) is 30.8 Å². The van der Waals surface area contributed by atoms with E-state index in [0.29, 0.717) is 27.1 Å². The Labute approximate surface area is 142 Å². The number of hydrogen-bond donors (Lipinski definition) is 1. The lowest BCUT2D eigenvalue weighted by atomic mass is 10.1. The maximum absolute atomic E-state index is 12.4. The first kappa shape index (κ1) is 15.9. The number of nitrogens with one attached hydrogen (secondary N) is 1. The third kappa shape index (κ3) is 3.67. The van der Waals surface area contributed by atoms with E-state index in [1.807, 2.05) is 0 Å². The second-order valence-electron chi connectivity index (χ2n) is 4.66. The quantitative estimate of drug-likeness (QED) is 0.738. The molecule has 0 amide bonds. The highest BCUT2D eigenvalue weighted by Gasteiger charge is 2.16. The minimum absolute atomic E-state index is 0.0613. The van der Waals surface area contributed by atoms with Crippen LogP contribution in [0.5, 0.6) is 0 Å². The monoisotopic (exact) mass is 368 g/mol. The first-order chi connectivity index (χ1) is 10.9. The highest BCUT2D eigenvalue weighted by molar-refractivity contribution is 7.92. The van der Waals surface area contributed by atoms with E-state index in [-0.39, 0.29) is 4.90 Å². The Morgan fingerprint density at radius 2 is 1.87 bits per heavy atom. The Morgan fingerprint density at radius 1 is 1.04 bits per heavy atom. The van der Waals surface area contributed by atoms with Crippen molar-refractivity contribution >= 4 is 38.9 Å². The van der Waals surface area contributed by atoms with Crippen molar-refractivity contribution in [3.8, 4) is 11.3 Å². The lowest BCUT2D eigenvalue weighted by molar-refractivity contribution is 0.572. The zero-order valence-electron chi connectivity index (χ0n) is 11.5. The minimum atomic E-state index is -3.78. The van der Waals surface area contributed by atoms with E-state index in [4.69, 9.17) is 27.6 Å². The van der Waals surface area contributed by atoms with Crippen LogP contribution in [0.2, 0.25) is 10.0 Å². The Morgan fingerprint density at radius 3 is 2.57 bits per heavy atom. The van der Waals surface area contributed by atoms with Gasteiger partial charge in [0.2, 0.25) is 0 Å². The van der Waals surface area contributed by atoms with Crippen LogP contribution in [0.3, 0.4) is 0 Å². The van der Waals surface area contributed by atoms with E-state index in [9.17, 15) is 8.42 Å². The molecule has 0 spiro atoms. The number of halogens is 2. The lowest BCUT2D eigenvalue weighted by Crippen LogP contribution is -2.12. The molecule has 0 unspecified atom stereocenters. The summed E-state index contributed by atoms with van der Waals surface area (Å²) in [5.74, 6) is 0.482. The largest absolute Gasteiger partial charge is 0.444 e. The van der Waals surface area contributed by atoms with Crippen molar-refractivity contribution in [2.24, 2.45) is 0 Å². The summed E-state index contributed by atoms with van der Waals surface area (Å²) in [4.78, 5) is 3.89. The maximum atomic E-state index is 12.4. The highest BCUT2D eigenvalue weighted by Crippen LogP contribution is 2.28. The topological polar surface area (TPSA) is 72.2 Å². The molecule has 0 atom stereocenters. The smallest absolute Gasteiger partial charge is 0.261 e. The molecule has 2 aromatic carbocycles. The average Bonchev–Trinajstić information content (AvgIpc) is 3.00. The molecule has 5 nitrogen and oxygen atoms in total. The van der Waals surface area contributed by atoms with Gasteiger partial charge in [-0.2, -0.15) is 0 Å². The van der Waals surface area contributed by atoms with Crippen LogP contribution in [0.25, 0.3) is 11.3 Å². The van der Waals surface area contributed by atoms with Crippen molar-refractivity contribution < 1.29 is 12.8 Å². The SMILES string of the molecule is O=S(=O)(Nc1cc(Cl)cc(-c2cnco2)c1)c1cccc(Cl)c1. The number of anilines is 1. The van der Waals surface area contributed by atoms with Crippen LogP contribution in [0.4, 0.5) is 5.69 Å². The van der Waals surface area contributed by atoms with Crippen molar-refractivity contribution in [1.82, 2.24) is 4.98 Å². The summed E-state index contributed by atoms with van der Waals surface area (Å²) >= 11 is 11.9. The van der Waals surface area contributed by atoms with Crippen LogP contribution in [0.1, 0.15) is 0 Å². The van der Waals surface area contributed by atoms with Gasteiger partial charge in [-0.3, -0.25) is 4.72 Å². The summed E-state index contributed by atoms with van der Waals surface area (Å²) < 4.78 is 32.5. The van der Waals surface area contributed by atoms with Gasteiger partial charge in [-0.15, -0.1) is 0 Å². The number of sulfonamides is 1. The molecule has 0 bridgehead atoms. The predicted octanol–water partition coefficient (Wildman–Crippen LogP) is 4.45. The standard InChI is InChI=1S/C15H10Cl2N2O3S/c16-11-2-1-3-14(7-11)23(20,21)19-13-5-10(4-12(17)6-13)15-8-18-9-22-15/h1-9,19H. The minimum Gasteiger partial charge on any atom is -0.444 e. The number of oxazole rings is 1. The molecular weight excluding hydrogens is 359 g/mol. The highest BCUT2D eigenvalue weighted by atomic mass is 35.5. The molecule has 0 saturated carbocycles. The number of benzene rings is 2. The third-order valence-corrected chi connectivity index (χ3v) is 4.81. The van der Waals surface area contributed by atoms with E-state index in [1.54, 1.807) is 24.3 Å². The van der Waals surface area contributed by atoms with Gasteiger partial charge in [-0.05, 0) is 36.4 Å². The first-order valence-electron chi connectivity index (χ1n) is 6.42. The molecule has 0 radical (unpaired) electrons. The number of aromatic nitrogens is 1. The molecule has 1 aromatic heterocycles. The van der Waals surface area contributed by atoms with E-state index >= 15 is 0 Å². The first-order valence-corrected chi connectivity index (χ1v) is 8.66. The molecule has 0 aliphatic carbocycles. The van der Waals surface area contributed by atoms with Crippen molar-refractivity contribution in [3.63, 3.8) is 0 Å². The Bertz CT molecular complexity index is 941. The van der Waals surface area contributed by atoms with Gasteiger partial charge in [-0.25, -0.2) is 13.4 Å². The molecule has 0 aliphatic rings. The van der Waals surface area contributed by atoms with E-state index in [2.05, 4.69) is 9.71 Å². The number of hydrogen-bond acceptors (Lipinski definition) is 4. The summed E-state index contributed by atoms with van der Waals surface area (Å²) in [5, 5.41) is 0.698.